The van der Waals surface area contributed by atoms with E-state index in [0.29, 0.717) is 5.92 Å². The maximum Gasteiger partial charge on any atom is 0.132 e. The maximum absolute atomic E-state index is 6.21. The van der Waals surface area contributed by atoms with Crippen LogP contribution in [0.4, 0.5) is 0 Å². The van der Waals surface area contributed by atoms with Crippen LogP contribution in [0.1, 0.15) is 37.3 Å². The molecular formula is C18H22BrNO. The highest BCUT2D eigenvalue weighted by Gasteiger charge is 2.12. The Morgan fingerprint density at radius 2 is 1.90 bits per heavy atom. The molecular weight excluding hydrogens is 326 g/mol. The van der Waals surface area contributed by atoms with Gasteiger partial charge in [-0.05, 0) is 49.2 Å². The van der Waals surface area contributed by atoms with Crippen LogP contribution in [0.2, 0.25) is 0 Å². The molecule has 3 heteroatoms. The van der Waals surface area contributed by atoms with E-state index in [9.17, 15) is 0 Å². The summed E-state index contributed by atoms with van der Waals surface area (Å²) in [4.78, 5) is 0. The van der Waals surface area contributed by atoms with Crippen molar-refractivity contribution in [3.63, 3.8) is 0 Å². The molecule has 1 atom stereocenters. The molecule has 0 heterocycles. The molecule has 0 saturated carbocycles. The molecule has 2 nitrogen and oxygen atoms in total. The summed E-state index contributed by atoms with van der Waals surface area (Å²) in [7, 11) is 1.94. The van der Waals surface area contributed by atoms with E-state index in [1.807, 2.05) is 31.3 Å². The maximum atomic E-state index is 6.21. The lowest BCUT2D eigenvalue weighted by atomic mass is 9.98. The van der Waals surface area contributed by atoms with Gasteiger partial charge in [-0.1, -0.05) is 48.0 Å². The summed E-state index contributed by atoms with van der Waals surface area (Å²) < 4.78 is 7.28. The van der Waals surface area contributed by atoms with Crippen LogP contribution >= 0.6 is 15.9 Å². The summed E-state index contributed by atoms with van der Waals surface area (Å²) in [6.45, 7) is 5.21. The smallest absolute Gasteiger partial charge is 0.132 e. The summed E-state index contributed by atoms with van der Waals surface area (Å²) in [6, 6.07) is 14.4. The van der Waals surface area contributed by atoms with Crippen LogP contribution < -0.4 is 10.1 Å². The fourth-order valence-electron chi connectivity index (χ4n) is 2.30. The Morgan fingerprint density at radius 3 is 2.62 bits per heavy atom. The van der Waals surface area contributed by atoms with E-state index in [2.05, 4.69) is 53.3 Å². The van der Waals surface area contributed by atoms with Gasteiger partial charge < -0.3 is 10.1 Å². The molecule has 2 rings (SSSR count). The number of hydrogen-bond acceptors (Lipinski definition) is 2. The number of hydrogen-bond donors (Lipinski definition) is 1. The average molecular weight is 348 g/mol. The summed E-state index contributed by atoms with van der Waals surface area (Å²) in [6.07, 6.45) is 1.10. The van der Waals surface area contributed by atoms with Crippen molar-refractivity contribution in [3.8, 4) is 11.5 Å². The fraction of sp³-hybridized carbons (Fsp3) is 0.333. The fourth-order valence-corrected chi connectivity index (χ4v) is 2.70. The summed E-state index contributed by atoms with van der Waals surface area (Å²) in [5.41, 5.74) is 2.41. The van der Waals surface area contributed by atoms with Gasteiger partial charge in [0.1, 0.15) is 11.5 Å². The summed E-state index contributed by atoms with van der Waals surface area (Å²) in [5.74, 6) is 2.35. The summed E-state index contributed by atoms with van der Waals surface area (Å²) >= 11 is 3.52. The standard InChI is InChI=1S/C18H22BrNO/c1-4-13(2)16-7-5-6-8-18(16)21-17-10-9-15(19)11-14(17)12-20-3/h5-11,13,20H,4,12H2,1-3H3. The van der Waals surface area contributed by atoms with Gasteiger partial charge >= 0.3 is 0 Å². The van der Waals surface area contributed by atoms with E-state index in [0.717, 1.165) is 34.5 Å². The van der Waals surface area contributed by atoms with Crippen molar-refractivity contribution in [2.24, 2.45) is 0 Å². The van der Waals surface area contributed by atoms with Crippen molar-refractivity contribution in [1.29, 1.82) is 0 Å². The van der Waals surface area contributed by atoms with E-state index in [-0.39, 0.29) is 0 Å². The Labute approximate surface area is 135 Å². The second kappa shape index (κ2) is 7.62. The van der Waals surface area contributed by atoms with Gasteiger partial charge in [-0.15, -0.1) is 0 Å². The van der Waals surface area contributed by atoms with Crippen LogP contribution in [0.3, 0.4) is 0 Å². The third-order valence-electron chi connectivity index (χ3n) is 3.67. The van der Waals surface area contributed by atoms with Crippen LogP contribution in [0.5, 0.6) is 11.5 Å². The number of nitrogens with one attached hydrogen (secondary N) is 1. The lowest BCUT2D eigenvalue weighted by molar-refractivity contribution is 0.462. The van der Waals surface area contributed by atoms with Crippen LogP contribution in [0.15, 0.2) is 46.9 Å². The first kappa shape index (κ1) is 16.1. The van der Waals surface area contributed by atoms with Crippen LogP contribution in [0.25, 0.3) is 0 Å². The van der Waals surface area contributed by atoms with E-state index in [4.69, 9.17) is 4.74 Å². The van der Waals surface area contributed by atoms with Crippen LogP contribution in [-0.2, 0) is 6.54 Å². The predicted molar refractivity (Wildman–Crippen MR) is 92.1 cm³/mol. The number of para-hydroxylation sites is 1. The first-order valence-corrected chi connectivity index (χ1v) is 8.14. The van der Waals surface area contributed by atoms with Crippen LogP contribution in [-0.4, -0.2) is 7.05 Å². The van der Waals surface area contributed by atoms with E-state index < -0.39 is 0 Å². The normalized spacial score (nSPS) is 12.2. The molecule has 0 radical (unpaired) electrons. The SMILES string of the molecule is CCC(C)c1ccccc1Oc1ccc(Br)cc1CNC. The van der Waals surface area contributed by atoms with E-state index in [1.54, 1.807) is 0 Å². The van der Waals surface area contributed by atoms with Gasteiger partial charge in [0, 0.05) is 16.6 Å². The minimum atomic E-state index is 0.490. The molecule has 0 aromatic heterocycles. The molecule has 0 spiro atoms. The van der Waals surface area contributed by atoms with Crippen molar-refractivity contribution >= 4 is 15.9 Å². The minimum Gasteiger partial charge on any atom is -0.457 e. The zero-order valence-electron chi connectivity index (χ0n) is 12.8. The average Bonchev–Trinajstić information content (AvgIpc) is 2.50. The van der Waals surface area contributed by atoms with E-state index >= 15 is 0 Å². The topological polar surface area (TPSA) is 21.3 Å². The molecule has 0 aliphatic heterocycles. The van der Waals surface area contributed by atoms with Crippen LogP contribution in [0, 0.1) is 0 Å². The zero-order chi connectivity index (χ0) is 15.2. The Kier molecular flexibility index (Phi) is 5.83. The van der Waals surface area contributed by atoms with Crippen molar-refractivity contribution in [2.75, 3.05) is 7.05 Å². The highest BCUT2D eigenvalue weighted by molar-refractivity contribution is 9.10. The summed E-state index contributed by atoms with van der Waals surface area (Å²) in [5, 5.41) is 3.19. The highest BCUT2D eigenvalue weighted by Crippen LogP contribution is 2.34. The minimum absolute atomic E-state index is 0.490. The Morgan fingerprint density at radius 1 is 1.14 bits per heavy atom. The third-order valence-corrected chi connectivity index (χ3v) is 4.17. The molecule has 21 heavy (non-hydrogen) atoms. The molecule has 0 bridgehead atoms. The van der Waals surface area contributed by atoms with Gasteiger partial charge in [0.15, 0.2) is 0 Å². The number of halogens is 1. The molecule has 0 saturated heterocycles. The number of ether oxygens (including phenoxy) is 1. The van der Waals surface area contributed by atoms with Gasteiger partial charge in [-0.25, -0.2) is 0 Å². The zero-order valence-corrected chi connectivity index (χ0v) is 14.4. The van der Waals surface area contributed by atoms with E-state index in [1.165, 1.54) is 5.56 Å². The monoisotopic (exact) mass is 347 g/mol. The van der Waals surface area contributed by atoms with Gasteiger partial charge in [0.05, 0.1) is 0 Å². The molecule has 0 aliphatic rings. The first-order valence-electron chi connectivity index (χ1n) is 7.35. The molecule has 0 amide bonds. The number of rotatable bonds is 6. The number of benzene rings is 2. The Balaban J connectivity index is 2.34. The quantitative estimate of drug-likeness (QED) is 0.747. The Hall–Kier alpha value is -1.32. The van der Waals surface area contributed by atoms with Crippen molar-refractivity contribution in [1.82, 2.24) is 5.32 Å². The lowest BCUT2D eigenvalue weighted by Gasteiger charge is -2.17. The molecule has 1 unspecified atom stereocenters. The second-order valence-electron chi connectivity index (χ2n) is 5.23. The molecule has 0 aliphatic carbocycles. The second-order valence-corrected chi connectivity index (χ2v) is 6.15. The molecule has 1 N–H and O–H groups in total. The largest absolute Gasteiger partial charge is 0.457 e. The first-order chi connectivity index (χ1) is 10.2. The molecule has 2 aromatic rings. The molecule has 112 valence electrons. The Bertz CT molecular complexity index is 598. The van der Waals surface area contributed by atoms with Gasteiger partial charge in [0.25, 0.3) is 0 Å². The van der Waals surface area contributed by atoms with Crippen molar-refractivity contribution in [2.45, 2.75) is 32.7 Å². The van der Waals surface area contributed by atoms with Gasteiger partial charge in [0.2, 0.25) is 0 Å². The predicted octanol–water partition coefficient (Wildman–Crippen LogP) is 5.47. The van der Waals surface area contributed by atoms with Gasteiger partial charge in [-0.3, -0.25) is 0 Å². The molecule has 0 fully saturated rings. The third kappa shape index (κ3) is 4.08. The highest BCUT2D eigenvalue weighted by atomic mass is 79.9. The van der Waals surface area contributed by atoms with Crippen molar-refractivity contribution in [3.05, 3.63) is 58.1 Å². The lowest BCUT2D eigenvalue weighted by Crippen LogP contribution is -2.07. The van der Waals surface area contributed by atoms with Crippen molar-refractivity contribution < 1.29 is 4.74 Å². The van der Waals surface area contributed by atoms with Gasteiger partial charge in [-0.2, -0.15) is 0 Å². The molecule has 2 aromatic carbocycles.